The van der Waals surface area contributed by atoms with Crippen molar-refractivity contribution in [2.75, 3.05) is 19.6 Å². The second-order valence-corrected chi connectivity index (χ2v) is 6.35. The third-order valence-corrected chi connectivity index (χ3v) is 4.31. The fourth-order valence-corrected chi connectivity index (χ4v) is 2.32. The molecule has 0 aromatic carbocycles. The van der Waals surface area contributed by atoms with Crippen LogP contribution in [0.1, 0.15) is 67.7 Å². The Hall–Kier alpha value is -0.0800. The van der Waals surface area contributed by atoms with E-state index in [4.69, 9.17) is 0 Å². The van der Waals surface area contributed by atoms with Gasteiger partial charge in [0.25, 0.3) is 0 Å². The van der Waals surface area contributed by atoms with Crippen molar-refractivity contribution in [3.05, 3.63) is 0 Å². The largest absolute Gasteiger partial charge is 0.314 e. The Kier molecular flexibility index (Phi) is 8.89. The van der Waals surface area contributed by atoms with E-state index in [-0.39, 0.29) is 0 Å². The zero-order valence-corrected chi connectivity index (χ0v) is 13.8. The van der Waals surface area contributed by atoms with Gasteiger partial charge in [-0.15, -0.1) is 0 Å². The zero-order valence-electron chi connectivity index (χ0n) is 13.8. The van der Waals surface area contributed by atoms with Gasteiger partial charge in [0.05, 0.1) is 0 Å². The first-order chi connectivity index (χ1) is 8.38. The molecule has 0 aliphatic rings. The summed E-state index contributed by atoms with van der Waals surface area (Å²) < 4.78 is 0. The Labute approximate surface area is 116 Å². The van der Waals surface area contributed by atoms with Gasteiger partial charge in [0.15, 0.2) is 0 Å². The highest BCUT2D eigenvalue weighted by atomic mass is 15.2. The summed E-state index contributed by atoms with van der Waals surface area (Å²) in [6, 6.07) is 1.26. The predicted octanol–water partition coefficient (Wildman–Crippen LogP) is 3.91. The van der Waals surface area contributed by atoms with Gasteiger partial charge < -0.3 is 10.2 Å². The number of rotatable bonds is 10. The molecule has 0 aliphatic heterocycles. The van der Waals surface area contributed by atoms with Gasteiger partial charge in [0.2, 0.25) is 0 Å². The van der Waals surface area contributed by atoms with E-state index in [1.54, 1.807) is 0 Å². The highest BCUT2D eigenvalue weighted by molar-refractivity contribution is 4.85. The molecule has 2 unspecified atom stereocenters. The summed E-state index contributed by atoms with van der Waals surface area (Å²) in [5.41, 5.74) is 0.327. The minimum Gasteiger partial charge on any atom is -0.314 e. The first-order valence-corrected chi connectivity index (χ1v) is 7.86. The first kappa shape index (κ1) is 17.9. The fraction of sp³-hybridized carbons (Fsp3) is 1.00. The van der Waals surface area contributed by atoms with E-state index in [2.05, 4.69) is 58.7 Å². The number of hydrogen-bond acceptors (Lipinski definition) is 2. The van der Waals surface area contributed by atoms with E-state index in [1.807, 2.05) is 0 Å². The SMILES string of the molecule is CCCCN(CC(C)(C)C(C)NCC)C(C)CC. The normalized spacial score (nSPS) is 16.0. The molecule has 0 aromatic rings. The molecule has 1 N–H and O–H groups in total. The van der Waals surface area contributed by atoms with Crippen LogP contribution in [0.2, 0.25) is 0 Å². The van der Waals surface area contributed by atoms with Crippen LogP contribution in [0, 0.1) is 5.41 Å². The average Bonchev–Trinajstić information content (AvgIpc) is 2.33. The summed E-state index contributed by atoms with van der Waals surface area (Å²) in [5.74, 6) is 0. The second-order valence-electron chi connectivity index (χ2n) is 6.35. The summed E-state index contributed by atoms with van der Waals surface area (Å²) >= 11 is 0. The molecule has 0 saturated carbocycles. The molecule has 0 amide bonds. The molecule has 0 radical (unpaired) electrons. The molecule has 0 aromatic heterocycles. The molecule has 0 aliphatic carbocycles. The van der Waals surface area contributed by atoms with Crippen LogP contribution in [0.15, 0.2) is 0 Å². The van der Waals surface area contributed by atoms with Crippen molar-refractivity contribution >= 4 is 0 Å². The maximum absolute atomic E-state index is 3.58. The van der Waals surface area contributed by atoms with Crippen LogP contribution in [0.25, 0.3) is 0 Å². The summed E-state index contributed by atoms with van der Waals surface area (Å²) in [7, 11) is 0. The first-order valence-electron chi connectivity index (χ1n) is 7.86. The summed E-state index contributed by atoms with van der Waals surface area (Å²) in [6.07, 6.45) is 3.85. The molecule has 0 bridgehead atoms. The van der Waals surface area contributed by atoms with E-state index in [0.29, 0.717) is 17.5 Å². The number of nitrogens with one attached hydrogen (secondary N) is 1. The molecule has 2 heteroatoms. The molecule has 2 atom stereocenters. The van der Waals surface area contributed by atoms with Crippen molar-refractivity contribution < 1.29 is 0 Å². The minimum atomic E-state index is 0.327. The lowest BCUT2D eigenvalue weighted by Crippen LogP contribution is -2.49. The van der Waals surface area contributed by atoms with E-state index in [9.17, 15) is 0 Å². The molecule has 0 saturated heterocycles. The number of hydrogen-bond donors (Lipinski definition) is 1. The second kappa shape index (κ2) is 8.92. The van der Waals surface area contributed by atoms with E-state index < -0.39 is 0 Å². The summed E-state index contributed by atoms with van der Waals surface area (Å²) in [5, 5.41) is 3.58. The van der Waals surface area contributed by atoms with Gasteiger partial charge in [0.1, 0.15) is 0 Å². The lowest BCUT2D eigenvalue weighted by Gasteiger charge is -2.40. The van der Waals surface area contributed by atoms with Gasteiger partial charge in [-0.05, 0) is 45.2 Å². The Morgan fingerprint density at radius 2 is 1.72 bits per heavy atom. The van der Waals surface area contributed by atoms with Gasteiger partial charge in [-0.25, -0.2) is 0 Å². The molecule has 0 rings (SSSR count). The monoisotopic (exact) mass is 256 g/mol. The van der Waals surface area contributed by atoms with Crippen molar-refractivity contribution in [1.82, 2.24) is 10.2 Å². The molecule has 0 spiro atoms. The highest BCUT2D eigenvalue weighted by Gasteiger charge is 2.28. The van der Waals surface area contributed by atoms with Crippen molar-refractivity contribution in [3.63, 3.8) is 0 Å². The zero-order chi connectivity index (χ0) is 14.2. The highest BCUT2D eigenvalue weighted by Crippen LogP contribution is 2.24. The third kappa shape index (κ3) is 6.19. The van der Waals surface area contributed by atoms with Crippen LogP contribution in [0.4, 0.5) is 0 Å². The maximum Gasteiger partial charge on any atom is 0.0102 e. The quantitative estimate of drug-likeness (QED) is 0.637. The predicted molar refractivity (Wildman–Crippen MR) is 83.2 cm³/mol. The smallest absolute Gasteiger partial charge is 0.0102 e. The van der Waals surface area contributed by atoms with Crippen molar-refractivity contribution in [2.45, 2.75) is 79.8 Å². The van der Waals surface area contributed by atoms with Crippen LogP contribution >= 0.6 is 0 Å². The Balaban J connectivity index is 4.52. The lowest BCUT2D eigenvalue weighted by atomic mass is 9.84. The van der Waals surface area contributed by atoms with Crippen LogP contribution in [0.3, 0.4) is 0 Å². The Bertz CT molecular complexity index is 201. The average molecular weight is 256 g/mol. The molecule has 110 valence electrons. The number of nitrogens with zero attached hydrogens (tertiary/aromatic N) is 1. The Morgan fingerprint density at radius 3 is 2.17 bits per heavy atom. The molecule has 18 heavy (non-hydrogen) atoms. The summed E-state index contributed by atoms with van der Waals surface area (Å²) in [4.78, 5) is 2.68. The van der Waals surface area contributed by atoms with Gasteiger partial charge in [-0.1, -0.05) is 41.0 Å². The molecular weight excluding hydrogens is 220 g/mol. The third-order valence-electron chi connectivity index (χ3n) is 4.31. The summed E-state index contributed by atoms with van der Waals surface area (Å²) in [6.45, 7) is 19.7. The van der Waals surface area contributed by atoms with Gasteiger partial charge in [-0.3, -0.25) is 0 Å². The molecule has 0 fully saturated rings. The van der Waals surface area contributed by atoms with E-state index in [0.717, 1.165) is 6.54 Å². The molecular formula is C16H36N2. The van der Waals surface area contributed by atoms with Crippen molar-refractivity contribution in [3.8, 4) is 0 Å². The maximum atomic E-state index is 3.58. The van der Waals surface area contributed by atoms with Crippen LogP contribution < -0.4 is 5.32 Å². The van der Waals surface area contributed by atoms with Crippen LogP contribution in [-0.4, -0.2) is 36.6 Å². The van der Waals surface area contributed by atoms with Crippen LogP contribution in [0.5, 0.6) is 0 Å². The molecule has 2 nitrogen and oxygen atoms in total. The molecule has 0 heterocycles. The minimum absolute atomic E-state index is 0.327. The van der Waals surface area contributed by atoms with Crippen molar-refractivity contribution in [1.29, 1.82) is 0 Å². The fourth-order valence-electron chi connectivity index (χ4n) is 2.32. The number of unbranched alkanes of at least 4 members (excludes halogenated alkanes) is 1. The topological polar surface area (TPSA) is 15.3 Å². The van der Waals surface area contributed by atoms with Gasteiger partial charge >= 0.3 is 0 Å². The van der Waals surface area contributed by atoms with Crippen LogP contribution in [-0.2, 0) is 0 Å². The van der Waals surface area contributed by atoms with E-state index >= 15 is 0 Å². The Morgan fingerprint density at radius 1 is 1.11 bits per heavy atom. The van der Waals surface area contributed by atoms with Crippen molar-refractivity contribution in [2.24, 2.45) is 5.41 Å². The lowest BCUT2D eigenvalue weighted by molar-refractivity contribution is 0.108. The standard InChI is InChI=1S/C16H36N2/c1-8-11-12-18(14(4)9-2)13-16(6,7)15(5)17-10-3/h14-15,17H,8-13H2,1-7H3. The van der Waals surface area contributed by atoms with Gasteiger partial charge in [0, 0.05) is 18.6 Å². The van der Waals surface area contributed by atoms with Gasteiger partial charge in [-0.2, -0.15) is 0 Å². The van der Waals surface area contributed by atoms with E-state index in [1.165, 1.54) is 32.4 Å².